The highest BCUT2D eigenvalue weighted by atomic mass is 16.7. The molecule has 2 aromatic rings. The van der Waals surface area contributed by atoms with Crippen molar-refractivity contribution in [2.75, 3.05) is 63.8 Å². The molecule has 0 unspecified atom stereocenters. The highest BCUT2D eigenvalue weighted by Gasteiger charge is 2.23. The number of carbonyl (C=O) groups excluding carboxylic acids is 3. The molecule has 0 saturated carbocycles. The lowest BCUT2D eigenvalue weighted by Crippen LogP contribution is -2.49. The Hall–Kier alpha value is -3.43. The number of carbonyl (C=O) groups is 3. The van der Waals surface area contributed by atoms with Crippen molar-refractivity contribution in [1.82, 2.24) is 4.90 Å². The molecule has 0 radical (unpaired) electrons. The van der Waals surface area contributed by atoms with E-state index in [-0.39, 0.29) is 6.09 Å². The molecule has 9 nitrogen and oxygen atoms in total. The van der Waals surface area contributed by atoms with Gasteiger partial charge in [0.15, 0.2) is 18.9 Å². The van der Waals surface area contributed by atoms with E-state index in [0.717, 1.165) is 29.4 Å². The van der Waals surface area contributed by atoms with Crippen LogP contribution in [-0.2, 0) is 14.2 Å². The van der Waals surface area contributed by atoms with Crippen LogP contribution in [0.2, 0.25) is 0 Å². The Kier molecular flexibility index (Phi) is 9.00. The average Bonchev–Trinajstić information content (AvgIpc) is 2.89. The van der Waals surface area contributed by atoms with Gasteiger partial charge >= 0.3 is 6.09 Å². The maximum absolute atomic E-state index is 12.0. The summed E-state index contributed by atoms with van der Waals surface area (Å²) in [5.41, 5.74) is 4.38. The fourth-order valence-corrected chi connectivity index (χ4v) is 3.89. The lowest BCUT2D eigenvalue weighted by molar-refractivity contribution is -0.0914. The predicted molar refractivity (Wildman–Crippen MR) is 130 cm³/mol. The fraction of sp³-hybridized carbons (Fsp3) is 0.400. The number of hydrogen-bond acceptors (Lipinski definition) is 8. The number of amides is 1. The van der Waals surface area contributed by atoms with Gasteiger partial charge in [-0.1, -0.05) is 12.1 Å². The maximum atomic E-state index is 12.0. The third kappa shape index (κ3) is 5.92. The second-order valence-corrected chi connectivity index (χ2v) is 7.77. The summed E-state index contributed by atoms with van der Waals surface area (Å²) >= 11 is 0. The maximum Gasteiger partial charge on any atom is 0.409 e. The number of methoxy groups -OCH3 is 2. The monoisotopic (exact) mass is 469 g/mol. The standard InChI is InChI=1S/C25H31N3O6/c1-4-34-25(31)28-11-9-27(10-12-28)23-14-19(6-8-21(23)17-30)18-5-7-20(16-29)22(13-18)26-15-24(32-2)33-3/h5-8,13-14,16-17,24,26H,4,9-12,15H2,1-3H3. The van der Waals surface area contributed by atoms with Gasteiger partial charge in [0.25, 0.3) is 0 Å². The van der Waals surface area contributed by atoms with E-state index < -0.39 is 6.29 Å². The number of anilines is 2. The molecular formula is C25H31N3O6. The first-order chi connectivity index (χ1) is 16.5. The number of aldehydes is 2. The molecule has 0 aliphatic carbocycles. The van der Waals surface area contributed by atoms with Crippen molar-refractivity contribution in [2.24, 2.45) is 0 Å². The minimum atomic E-state index is -0.449. The number of rotatable bonds is 10. The molecule has 1 aliphatic rings. The Balaban J connectivity index is 1.84. The van der Waals surface area contributed by atoms with Crippen LogP contribution in [0.1, 0.15) is 27.6 Å². The number of hydrogen-bond donors (Lipinski definition) is 1. The van der Waals surface area contributed by atoms with Crippen LogP contribution in [0.25, 0.3) is 11.1 Å². The van der Waals surface area contributed by atoms with Gasteiger partial charge in [0.05, 0.1) is 13.2 Å². The summed E-state index contributed by atoms with van der Waals surface area (Å²) in [5.74, 6) is 0. The molecule has 1 heterocycles. The lowest BCUT2D eigenvalue weighted by Gasteiger charge is -2.36. The summed E-state index contributed by atoms with van der Waals surface area (Å²) in [6.07, 6.45) is 0.875. The van der Waals surface area contributed by atoms with Crippen molar-refractivity contribution in [3.63, 3.8) is 0 Å². The molecule has 2 aromatic carbocycles. The van der Waals surface area contributed by atoms with Crippen molar-refractivity contribution < 1.29 is 28.6 Å². The van der Waals surface area contributed by atoms with Crippen LogP contribution < -0.4 is 10.2 Å². The quantitative estimate of drug-likeness (QED) is 0.418. The van der Waals surface area contributed by atoms with Crippen molar-refractivity contribution in [3.05, 3.63) is 47.5 Å². The van der Waals surface area contributed by atoms with E-state index in [1.54, 1.807) is 38.2 Å². The highest BCUT2D eigenvalue weighted by Crippen LogP contribution is 2.31. The normalized spacial score (nSPS) is 13.6. The van der Waals surface area contributed by atoms with E-state index in [1.807, 2.05) is 24.3 Å². The minimum Gasteiger partial charge on any atom is -0.450 e. The molecule has 0 atom stereocenters. The third-order valence-corrected chi connectivity index (χ3v) is 5.80. The van der Waals surface area contributed by atoms with Crippen LogP contribution >= 0.6 is 0 Å². The Bertz CT molecular complexity index is 1000. The molecule has 3 rings (SSSR count). The van der Waals surface area contributed by atoms with Crippen molar-refractivity contribution in [3.8, 4) is 11.1 Å². The number of benzene rings is 2. The topological polar surface area (TPSA) is 97.4 Å². The average molecular weight is 470 g/mol. The molecular weight excluding hydrogens is 438 g/mol. The van der Waals surface area contributed by atoms with Gasteiger partial charge in [-0.05, 0) is 42.3 Å². The van der Waals surface area contributed by atoms with Crippen LogP contribution in [0.5, 0.6) is 0 Å². The van der Waals surface area contributed by atoms with E-state index in [1.165, 1.54) is 0 Å². The van der Waals surface area contributed by atoms with Gasteiger partial charge in [0, 0.05) is 62.9 Å². The van der Waals surface area contributed by atoms with E-state index >= 15 is 0 Å². The first-order valence-electron chi connectivity index (χ1n) is 11.2. The molecule has 1 amide bonds. The third-order valence-electron chi connectivity index (χ3n) is 5.80. The SMILES string of the molecule is CCOC(=O)N1CCN(c2cc(-c3ccc(C=O)c(NCC(OC)OC)c3)ccc2C=O)CC1. The van der Waals surface area contributed by atoms with Crippen molar-refractivity contribution >= 4 is 30.0 Å². The molecule has 0 bridgehead atoms. The summed E-state index contributed by atoms with van der Waals surface area (Å²) in [6.45, 7) is 4.72. The molecule has 9 heteroatoms. The molecule has 0 spiro atoms. The van der Waals surface area contributed by atoms with Crippen LogP contribution in [0, 0.1) is 0 Å². The number of piperazine rings is 1. The molecule has 1 aliphatic heterocycles. The Morgan fingerprint density at radius 2 is 1.59 bits per heavy atom. The Morgan fingerprint density at radius 3 is 2.18 bits per heavy atom. The van der Waals surface area contributed by atoms with Crippen LogP contribution in [-0.4, -0.2) is 83.4 Å². The molecule has 1 saturated heterocycles. The zero-order valence-electron chi connectivity index (χ0n) is 19.8. The second-order valence-electron chi connectivity index (χ2n) is 7.77. The molecule has 0 aromatic heterocycles. The molecule has 182 valence electrons. The van der Waals surface area contributed by atoms with E-state index in [0.29, 0.717) is 56.1 Å². The number of ether oxygens (including phenoxy) is 3. The summed E-state index contributed by atoms with van der Waals surface area (Å²) in [7, 11) is 3.10. The van der Waals surface area contributed by atoms with Crippen LogP contribution in [0.4, 0.5) is 16.2 Å². The predicted octanol–water partition coefficient (Wildman–Crippen LogP) is 3.29. The first kappa shape index (κ1) is 25.2. The van der Waals surface area contributed by atoms with E-state index in [9.17, 15) is 14.4 Å². The van der Waals surface area contributed by atoms with Gasteiger partial charge in [-0.25, -0.2) is 4.79 Å². The van der Waals surface area contributed by atoms with Gasteiger partial charge in [-0.2, -0.15) is 0 Å². The zero-order valence-corrected chi connectivity index (χ0v) is 19.8. The summed E-state index contributed by atoms with van der Waals surface area (Å²) in [5, 5.41) is 3.21. The Labute approximate surface area is 199 Å². The fourth-order valence-electron chi connectivity index (χ4n) is 3.89. The largest absolute Gasteiger partial charge is 0.450 e. The van der Waals surface area contributed by atoms with Gasteiger partial charge in [0.2, 0.25) is 0 Å². The summed E-state index contributed by atoms with van der Waals surface area (Å²) in [4.78, 5) is 39.0. The van der Waals surface area contributed by atoms with Gasteiger partial charge in [-0.3, -0.25) is 9.59 Å². The van der Waals surface area contributed by atoms with Gasteiger partial charge < -0.3 is 29.3 Å². The highest BCUT2D eigenvalue weighted by molar-refractivity contribution is 5.90. The van der Waals surface area contributed by atoms with E-state index in [4.69, 9.17) is 14.2 Å². The van der Waals surface area contributed by atoms with Crippen molar-refractivity contribution in [2.45, 2.75) is 13.2 Å². The molecule has 34 heavy (non-hydrogen) atoms. The van der Waals surface area contributed by atoms with Crippen molar-refractivity contribution in [1.29, 1.82) is 0 Å². The Morgan fingerprint density at radius 1 is 0.971 bits per heavy atom. The van der Waals surface area contributed by atoms with Gasteiger partial charge in [-0.15, -0.1) is 0 Å². The van der Waals surface area contributed by atoms with E-state index in [2.05, 4.69) is 10.2 Å². The number of nitrogens with one attached hydrogen (secondary N) is 1. The van der Waals surface area contributed by atoms with Gasteiger partial charge in [0.1, 0.15) is 0 Å². The summed E-state index contributed by atoms with van der Waals surface area (Å²) in [6, 6.07) is 11.2. The smallest absolute Gasteiger partial charge is 0.409 e. The zero-order chi connectivity index (χ0) is 24.5. The summed E-state index contributed by atoms with van der Waals surface area (Å²) < 4.78 is 15.5. The second kappa shape index (κ2) is 12.2. The first-order valence-corrected chi connectivity index (χ1v) is 11.2. The van der Waals surface area contributed by atoms with Crippen LogP contribution in [0.3, 0.4) is 0 Å². The molecule has 1 N–H and O–H groups in total. The number of nitrogens with zero attached hydrogens (tertiary/aromatic N) is 2. The lowest BCUT2D eigenvalue weighted by atomic mass is 9.99. The van der Waals surface area contributed by atoms with Crippen LogP contribution in [0.15, 0.2) is 36.4 Å². The minimum absolute atomic E-state index is 0.314. The molecule has 1 fully saturated rings.